The van der Waals surface area contributed by atoms with Crippen molar-refractivity contribution in [1.29, 1.82) is 0 Å². The van der Waals surface area contributed by atoms with Crippen LogP contribution in [0.3, 0.4) is 0 Å². The van der Waals surface area contributed by atoms with Crippen molar-refractivity contribution in [2.45, 2.75) is 52.0 Å². The Morgan fingerprint density at radius 1 is 0.968 bits per heavy atom. The second-order valence-corrected chi connectivity index (χ2v) is 7.37. The molecule has 0 aromatic carbocycles. The number of aromatic hydroxyl groups is 1. The number of amides is 4. The Kier molecular flexibility index (Phi) is 8.12. The van der Waals surface area contributed by atoms with Crippen molar-refractivity contribution in [3.05, 3.63) is 44.1 Å². The Morgan fingerprint density at radius 3 is 2.29 bits per heavy atom. The quantitative estimate of drug-likeness (QED) is 0.343. The third-order valence-corrected chi connectivity index (χ3v) is 5.12. The Bertz CT molecular complexity index is 1050. The van der Waals surface area contributed by atoms with Crippen molar-refractivity contribution in [3.8, 4) is 5.88 Å². The number of hydrogen-bond acceptors (Lipinski definition) is 6. The van der Waals surface area contributed by atoms with E-state index >= 15 is 0 Å². The van der Waals surface area contributed by atoms with Gasteiger partial charge in [-0.3, -0.25) is 33.7 Å². The van der Waals surface area contributed by atoms with Crippen molar-refractivity contribution < 1.29 is 19.5 Å². The molecule has 168 valence electrons. The fourth-order valence-electron chi connectivity index (χ4n) is 3.18. The summed E-state index contributed by atoms with van der Waals surface area (Å²) in [5.74, 6) is -2.16. The average Bonchev–Trinajstić information content (AvgIpc) is 2.74. The molecule has 0 spiro atoms. The van der Waals surface area contributed by atoms with Crippen LogP contribution in [0.15, 0.2) is 27.3 Å². The lowest BCUT2D eigenvalue weighted by Gasteiger charge is -2.21. The van der Waals surface area contributed by atoms with Gasteiger partial charge in [0.25, 0.3) is 17.4 Å². The number of rotatable bonds is 9. The number of unbranched alkanes of at least 4 members (excludes halogenated alkanes) is 5. The molecule has 1 aromatic heterocycles. The van der Waals surface area contributed by atoms with Gasteiger partial charge < -0.3 is 5.11 Å². The number of barbiturate groups is 1. The van der Waals surface area contributed by atoms with E-state index in [1.165, 1.54) is 26.2 Å². The van der Waals surface area contributed by atoms with E-state index in [0.717, 1.165) is 52.2 Å². The lowest BCUT2D eigenvalue weighted by molar-refractivity contribution is -0.129. The van der Waals surface area contributed by atoms with Crippen LogP contribution in [0, 0.1) is 0 Å². The first kappa shape index (κ1) is 23.8. The van der Waals surface area contributed by atoms with Gasteiger partial charge in [0.2, 0.25) is 5.88 Å². The number of aromatic nitrogens is 2. The van der Waals surface area contributed by atoms with Crippen LogP contribution in [0.1, 0.15) is 51.0 Å². The van der Waals surface area contributed by atoms with Crippen LogP contribution in [0.2, 0.25) is 0 Å². The molecule has 0 bridgehead atoms. The molecule has 1 saturated heterocycles. The summed E-state index contributed by atoms with van der Waals surface area (Å²) >= 11 is 0. The Hall–Kier alpha value is -3.43. The largest absolute Gasteiger partial charge is 0.494 e. The van der Waals surface area contributed by atoms with Gasteiger partial charge in [0.15, 0.2) is 0 Å². The van der Waals surface area contributed by atoms with Gasteiger partial charge in [-0.1, -0.05) is 45.1 Å². The summed E-state index contributed by atoms with van der Waals surface area (Å²) in [7, 11) is 2.57. The predicted molar refractivity (Wildman–Crippen MR) is 114 cm³/mol. The van der Waals surface area contributed by atoms with Gasteiger partial charge >= 0.3 is 11.7 Å². The molecule has 0 atom stereocenters. The number of carbonyl (C=O) groups excluding carboxylic acids is 3. The Labute approximate surface area is 179 Å². The number of nitrogens with zero attached hydrogens (tertiary/aromatic N) is 3. The summed E-state index contributed by atoms with van der Waals surface area (Å²) in [5, 5.41) is 12.3. The number of allylic oxidation sites excluding steroid dienone is 2. The third-order valence-electron chi connectivity index (χ3n) is 5.12. The molecule has 2 rings (SSSR count). The lowest BCUT2D eigenvalue weighted by atomic mass is 10.1. The molecule has 1 aliphatic rings. The molecule has 0 aliphatic carbocycles. The average molecular weight is 432 g/mol. The van der Waals surface area contributed by atoms with Gasteiger partial charge in [0.1, 0.15) is 11.1 Å². The van der Waals surface area contributed by atoms with Crippen LogP contribution in [0.5, 0.6) is 5.88 Å². The first-order valence-corrected chi connectivity index (χ1v) is 10.2. The summed E-state index contributed by atoms with van der Waals surface area (Å²) in [6.07, 6.45) is 9.56. The van der Waals surface area contributed by atoms with E-state index in [2.05, 4.69) is 6.92 Å². The fraction of sp³-hybridized carbons (Fsp3) is 0.476. The summed E-state index contributed by atoms with van der Waals surface area (Å²) in [6.45, 7) is 2.35. The maximum absolute atomic E-state index is 12.8. The fourth-order valence-corrected chi connectivity index (χ4v) is 3.18. The van der Waals surface area contributed by atoms with Crippen LogP contribution in [0.25, 0.3) is 6.08 Å². The molecule has 2 heterocycles. The molecular formula is C21H28N4O6. The highest BCUT2D eigenvalue weighted by Crippen LogP contribution is 2.13. The summed E-state index contributed by atoms with van der Waals surface area (Å²) in [4.78, 5) is 61.3. The van der Waals surface area contributed by atoms with Crippen molar-refractivity contribution in [1.82, 2.24) is 19.4 Å². The van der Waals surface area contributed by atoms with E-state index < -0.39 is 35.0 Å². The van der Waals surface area contributed by atoms with E-state index in [1.54, 1.807) is 0 Å². The van der Waals surface area contributed by atoms with Crippen LogP contribution in [0.4, 0.5) is 4.79 Å². The first-order valence-electron chi connectivity index (χ1n) is 10.2. The smallest absolute Gasteiger partial charge is 0.333 e. The third kappa shape index (κ3) is 5.39. The molecule has 0 radical (unpaired) electrons. The van der Waals surface area contributed by atoms with Gasteiger partial charge in [0, 0.05) is 20.6 Å². The molecule has 2 N–H and O–H groups in total. The van der Waals surface area contributed by atoms with E-state index in [-0.39, 0.29) is 17.7 Å². The van der Waals surface area contributed by atoms with Crippen molar-refractivity contribution in [2.24, 2.45) is 7.05 Å². The molecule has 1 aromatic rings. The van der Waals surface area contributed by atoms with Gasteiger partial charge in [0.05, 0.1) is 0 Å². The Balaban J connectivity index is 2.26. The Morgan fingerprint density at radius 2 is 1.61 bits per heavy atom. The number of urea groups is 1. The zero-order chi connectivity index (χ0) is 23.1. The van der Waals surface area contributed by atoms with Crippen molar-refractivity contribution in [3.63, 3.8) is 0 Å². The highest BCUT2D eigenvalue weighted by atomic mass is 16.3. The predicted octanol–water partition coefficient (Wildman–Crippen LogP) is 1.26. The number of carbonyl (C=O) groups is 3. The van der Waals surface area contributed by atoms with Crippen LogP contribution >= 0.6 is 0 Å². The molecule has 0 unspecified atom stereocenters. The zero-order valence-corrected chi connectivity index (χ0v) is 18.0. The SMILES string of the molecule is CCCCCCCCn1c(=O)c(C=CC=C2C(=O)NC(=O)N(C)C2=O)c(O)n(C)c1=O. The lowest BCUT2D eigenvalue weighted by Crippen LogP contribution is -2.52. The minimum Gasteiger partial charge on any atom is -0.494 e. The zero-order valence-electron chi connectivity index (χ0n) is 18.0. The van der Waals surface area contributed by atoms with E-state index in [0.29, 0.717) is 6.42 Å². The molecule has 1 fully saturated rings. The van der Waals surface area contributed by atoms with Gasteiger partial charge in [-0.05, 0) is 18.6 Å². The summed E-state index contributed by atoms with van der Waals surface area (Å²) in [5.41, 5.74) is -1.71. The maximum Gasteiger partial charge on any atom is 0.333 e. The normalized spacial score (nSPS) is 15.9. The molecule has 10 heteroatoms. The molecule has 31 heavy (non-hydrogen) atoms. The highest BCUT2D eigenvalue weighted by molar-refractivity contribution is 6.28. The number of imide groups is 2. The number of likely N-dealkylation sites (N-methyl/N-ethyl adjacent to an activating group) is 1. The van der Waals surface area contributed by atoms with E-state index in [1.807, 2.05) is 5.32 Å². The molecular weight excluding hydrogens is 404 g/mol. The van der Waals surface area contributed by atoms with Crippen LogP contribution in [-0.2, 0) is 23.2 Å². The number of hydrogen-bond donors (Lipinski definition) is 2. The molecule has 0 saturated carbocycles. The summed E-state index contributed by atoms with van der Waals surface area (Å²) in [6, 6.07) is -0.829. The van der Waals surface area contributed by atoms with Crippen LogP contribution in [-0.4, -0.2) is 44.0 Å². The topological polar surface area (TPSA) is 131 Å². The van der Waals surface area contributed by atoms with Crippen LogP contribution < -0.4 is 16.6 Å². The maximum atomic E-state index is 12.8. The second-order valence-electron chi connectivity index (χ2n) is 7.37. The van der Waals surface area contributed by atoms with E-state index in [9.17, 15) is 29.1 Å². The minimum absolute atomic E-state index is 0.141. The molecule has 1 aliphatic heterocycles. The first-order chi connectivity index (χ1) is 14.7. The van der Waals surface area contributed by atoms with Gasteiger partial charge in [-0.25, -0.2) is 9.59 Å². The van der Waals surface area contributed by atoms with Crippen molar-refractivity contribution in [2.75, 3.05) is 7.05 Å². The molecule has 4 amide bonds. The number of nitrogens with one attached hydrogen (secondary N) is 1. The van der Waals surface area contributed by atoms with E-state index in [4.69, 9.17) is 0 Å². The van der Waals surface area contributed by atoms with Gasteiger partial charge in [-0.2, -0.15) is 0 Å². The molecule has 10 nitrogen and oxygen atoms in total. The monoisotopic (exact) mass is 432 g/mol. The minimum atomic E-state index is -0.858. The summed E-state index contributed by atoms with van der Waals surface area (Å²) < 4.78 is 2.04. The van der Waals surface area contributed by atoms with Crippen molar-refractivity contribution >= 4 is 23.9 Å². The highest BCUT2D eigenvalue weighted by Gasteiger charge is 2.32. The van der Waals surface area contributed by atoms with Gasteiger partial charge in [-0.15, -0.1) is 0 Å². The standard InChI is InChI=1S/C21H28N4O6/c1-4-5-6-7-8-9-13-25-19(29)15(18(28)24(3)21(25)31)12-10-11-14-16(26)22-20(30)23(2)17(14)27/h10-12,28H,4-9,13H2,1-3H3,(H,22,26,30). The second kappa shape index (κ2) is 10.6.